The zero-order chi connectivity index (χ0) is 22.2. The van der Waals surface area contributed by atoms with Crippen LogP contribution in [-0.4, -0.2) is 71.0 Å². The van der Waals surface area contributed by atoms with E-state index in [-0.39, 0.29) is 36.6 Å². The maximum atomic E-state index is 14.9. The Hall–Kier alpha value is -2.56. The summed E-state index contributed by atoms with van der Waals surface area (Å²) in [5.41, 5.74) is 0.676. The fourth-order valence-corrected chi connectivity index (χ4v) is 6.90. The normalized spacial score (nSPS) is 23.9. The lowest BCUT2D eigenvalue weighted by atomic mass is 9.81. The van der Waals surface area contributed by atoms with Crippen molar-refractivity contribution in [2.45, 2.75) is 25.9 Å². The lowest BCUT2D eigenvalue weighted by Gasteiger charge is -2.47. The molecule has 0 unspecified atom stereocenters. The predicted octanol–water partition coefficient (Wildman–Crippen LogP) is 1.91. The minimum Gasteiger partial charge on any atom is -0.450 e. The van der Waals surface area contributed by atoms with E-state index in [1.165, 1.54) is 11.0 Å². The number of ether oxygens (including phenoxy) is 2. The van der Waals surface area contributed by atoms with Crippen LogP contribution >= 0.6 is 0 Å². The molecule has 11 heteroatoms. The molecule has 31 heavy (non-hydrogen) atoms. The van der Waals surface area contributed by atoms with Crippen LogP contribution in [0.5, 0.6) is 0 Å². The summed E-state index contributed by atoms with van der Waals surface area (Å²) in [6, 6.07) is 4.60. The van der Waals surface area contributed by atoms with Crippen LogP contribution in [0.1, 0.15) is 19.8 Å². The Balaban J connectivity index is 1.36. The van der Waals surface area contributed by atoms with Crippen LogP contribution in [0.15, 0.2) is 18.2 Å². The molecule has 3 saturated heterocycles. The summed E-state index contributed by atoms with van der Waals surface area (Å²) in [4.78, 5) is 26.8. The van der Waals surface area contributed by atoms with E-state index in [9.17, 15) is 22.4 Å². The van der Waals surface area contributed by atoms with Gasteiger partial charge in [0.2, 0.25) is 0 Å². The Morgan fingerprint density at radius 2 is 2.03 bits per heavy atom. The number of halogens is 1. The molecule has 4 rings (SSSR count). The Kier molecular flexibility index (Phi) is 5.71. The number of piperidine rings is 1. The zero-order valence-corrected chi connectivity index (χ0v) is 18.1. The SMILES string of the molecule is CCOC(=O)NC[C@H]1CN(c2ccc(N3CCC4(CC3)CS(=O)(=O)C4)c(F)c2)C(=O)O1. The number of carbonyl (C=O) groups excluding carboxylic acids is 2. The fraction of sp³-hybridized carbons (Fsp3) is 0.600. The zero-order valence-electron chi connectivity index (χ0n) is 17.3. The number of nitrogens with zero attached hydrogens (tertiary/aromatic N) is 2. The van der Waals surface area contributed by atoms with Crippen LogP contribution < -0.4 is 15.1 Å². The highest BCUT2D eigenvalue weighted by molar-refractivity contribution is 7.92. The number of amides is 2. The van der Waals surface area contributed by atoms with Gasteiger partial charge in [-0.15, -0.1) is 0 Å². The van der Waals surface area contributed by atoms with Crippen molar-refractivity contribution >= 4 is 33.4 Å². The van der Waals surface area contributed by atoms with Crippen LogP contribution in [-0.2, 0) is 19.3 Å². The van der Waals surface area contributed by atoms with E-state index in [1.807, 2.05) is 4.90 Å². The molecular weight excluding hydrogens is 429 g/mol. The molecule has 3 aliphatic heterocycles. The van der Waals surface area contributed by atoms with Crippen LogP contribution in [0.3, 0.4) is 0 Å². The molecule has 1 aromatic rings. The van der Waals surface area contributed by atoms with Crippen molar-refractivity contribution < 1.29 is 31.9 Å². The average Bonchev–Trinajstić information content (AvgIpc) is 3.07. The first-order valence-corrected chi connectivity index (χ1v) is 12.2. The number of hydrogen-bond acceptors (Lipinski definition) is 7. The summed E-state index contributed by atoms with van der Waals surface area (Å²) in [6.45, 7) is 3.41. The van der Waals surface area contributed by atoms with Gasteiger partial charge in [-0.25, -0.2) is 22.4 Å². The number of benzene rings is 1. The summed E-state index contributed by atoms with van der Waals surface area (Å²) in [7, 11) is -2.89. The standard InChI is InChI=1S/C20H26FN3O6S/c1-2-29-18(25)22-10-15-11-24(19(26)30-15)14-3-4-17(16(21)9-14)23-7-5-20(6-8-23)12-31(27,28)13-20/h3-4,9,15H,2,5-8,10-13H2,1H3,(H,22,25)/t15-/m0/s1. The number of carbonyl (C=O) groups is 2. The van der Waals surface area contributed by atoms with Gasteiger partial charge < -0.3 is 19.7 Å². The van der Waals surface area contributed by atoms with E-state index < -0.39 is 33.9 Å². The van der Waals surface area contributed by atoms with Gasteiger partial charge in [-0.1, -0.05) is 0 Å². The number of cyclic esters (lactones) is 1. The van der Waals surface area contributed by atoms with E-state index in [1.54, 1.807) is 19.1 Å². The van der Waals surface area contributed by atoms with E-state index in [0.29, 0.717) is 24.5 Å². The lowest BCUT2D eigenvalue weighted by molar-refractivity contribution is 0.127. The minimum atomic E-state index is -2.89. The Labute approximate surface area is 180 Å². The van der Waals surface area contributed by atoms with Crippen molar-refractivity contribution in [3.05, 3.63) is 24.0 Å². The molecule has 3 heterocycles. The third-order valence-corrected chi connectivity index (χ3v) is 8.19. The number of hydrogen-bond donors (Lipinski definition) is 1. The summed E-state index contributed by atoms with van der Waals surface area (Å²) in [5, 5.41) is 2.52. The summed E-state index contributed by atoms with van der Waals surface area (Å²) < 4.78 is 48.0. The molecule has 1 N–H and O–H groups in total. The number of alkyl carbamates (subject to hydrolysis) is 1. The van der Waals surface area contributed by atoms with E-state index in [4.69, 9.17) is 9.47 Å². The van der Waals surface area contributed by atoms with Crippen LogP contribution in [0.2, 0.25) is 0 Å². The Morgan fingerprint density at radius 1 is 1.32 bits per heavy atom. The molecule has 3 aliphatic rings. The van der Waals surface area contributed by atoms with Gasteiger partial charge in [0.15, 0.2) is 9.84 Å². The molecule has 170 valence electrons. The molecule has 9 nitrogen and oxygen atoms in total. The molecule has 0 aromatic heterocycles. The minimum absolute atomic E-state index is 0.104. The molecule has 0 bridgehead atoms. The molecular formula is C20H26FN3O6S. The molecule has 3 fully saturated rings. The predicted molar refractivity (Wildman–Crippen MR) is 112 cm³/mol. The largest absolute Gasteiger partial charge is 0.450 e. The Bertz CT molecular complexity index is 963. The number of anilines is 2. The maximum absolute atomic E-state index is 14.9. The molecule has 1 atom stereocenters. The van der Waals surface area contributed by atoms with E-state index in [0.717, 1.165) is 12.8 Å². The topological polar surface area (TPSA) is 105 Å². The third kappa shape index (κ3) is 4.56. The fourth-order valence-electron chi connectivity index (χ4n) is 4.54. The lowest BCUT2D eigenvalue weighted by Crippen LogP contribution is -2.54. The van der Waals surface area contributed by atoms with Gasteiger partial charge in [0.05, 0.1) is 42.6 Å². The number of nitrogens with one attached hydrogen (secondary N) is 1. The van der Waals surface area contributed by atoms with Gasteiger partial charge in [0.1, 0.15) is 11.9 Å². The molecule has 2 amide bonds. The maximum Gasteiger partial charge on any atom is 0.414 e. The summed E-state index contributed by atoms with van der Waals surface area (Å²) in [5.74, 6) is 0.0208. The van der Waals surface area contributed by atoms with Gasteiger partial charge >= 0.3 is 12.2 Å². The molecule has 1 spiro atoms. The van der Waals surface area contributed by atoms with Gasteiger partial charge in [-0.2, -0.15) is 0 Å². The van der Waals surface area contributed by atoms with Crippen molar-refractivity contribution in [2.75, 3.05) is 54.1 Å². The second kappa shape index (κ2) is 8.18. The average molecular weight is 456 g/mol. The molecule has 0 aliphatic carbocycles. The van der Waals surface area contributed by atoms with Crippen LogP contribution in [0, 0.1) is 11.2 Å². The summed E-state index contributed by atoms with van der Waals surface area (Å²) in [6.07, 6.45) is -0.303. The van der Waals surface area contributed by atoms with Crippen molar-refractivity contribution in [1.29, 1.82) is 0 Å². The van der Waals surface area contributed by atoms with Gasteiger partial charge in [-0.3, -0.25) is 4.90 Å². The second-order valence-electron chi connectivity index (χ2n) is 8.37. The Morgan fingerprint density at radius 3 is 2.65 bits per heavy atom. The highest BCUT2D eigenvalue weighted by atomic mass is 32.2. The van der Waals surface area contributed by atoms with E-state index >= 15 is 0 Å². The van der Waals surface area contributed by atoms with Crippen molar-refractivity contribution in [2.24, 2.45) is 5.41 Å². The van der Waals surface area contributed by atoms with Gasteiger partial charge in [0, 0.05) is 18.5 Å². The quantitative estimate of drug-likeness (QED) is 0.723. The van der Waals surface area contributed by atoms with Crippen molar-refractivity contribution in [1.82, 2.24) is 5.32 Å². The first-order chi connectivity index (χ1) is 14.7. The van der Waals surface area contributed by atoms with Crippen molar-refractivity contribution in [3.63, 3.8) is 0 Å². The molecule has 0 saturated carbocycles. The van der Waals surface area contributed by atoms with E-state index in [2.05, 4.69) is 5.32 Å². The highest BCUT2D eigenvalue weighted by Gasteiger charge is 2.49. The summed E-state index contributed by atoms with van der Waals surface area (Å²) >= 11 is 0. The van der Waals surface area contributed by atoms with Gasteiger partial charge in [0.25, 0.3) is 0 Å². The van der Waals surface area contributed by atoms with Crippen molar-refractivity contribution in [3.8, 4) is 0 Å². The smallest absolute Gasteiger partial charge is 0.414 e. The van der Waals surface area contributed by atoms with Gasteiger partial charge in [-0.05, 0) is 38.0 Å². The third-order valence-electron chi connectivity index (χ3n) is 6.08. The van der Waals surface area contributed by atoms with Crippen LogP contribution in [0.25, 0.3) is 0 Å². The first-order valence-electron chi connectivity index (χ1n) is 10.3. The monoisotopic (exact) mass is 455 g/mol. The highest BCUT2D eigenvalue weighted by Crippen LogP contribution is 2.43. The number of sulfone groups is 1. The van der Waals surface area contributed by atoms with Crippen LogP contribution in [0.4, 0.5) is 25.4 Å². The molecule has 1 aromatic carbocycles. The molecule has 0 radical (unpaired) electrons. The first kappa shape index (κ1) is 21.7. The second-order valence-corrected chi connectivity index (χ2v) is 10.4. The number of rotatable bonds is 5.